The van der Waals surface area contributed by atoms with E-state index in [1.165, 1.54) is 0 Å². The Hall–Kier alpha value is -2.94. The van der Waals surface area contributed by atoms with E-state index in [0.29, 0.717) is 35.1 Å². The SMILES string of the molecule is CCCCCNC(=O)c1cc(Nc2ccccc2C#N)nc(C)n1. The summed E-state index contributed by atoms with van der Waals surface area (Å²) in [5.74, 6) is 0.769. The molecule has 0 fully saturated rings. The average molecular weight is 323 g/mol. The molecule has 124 valence electrons. The van der Waals surface area contributed by atoms with E-state index >= 15 is 0 Å². The van der Waals surface area contributed by atoms with Gasteiger partial charge in [0.05, 0.1) is 11.3 Å². The zero-order valence-electron chi connectivity index (χ0n) is 14.0. The van der Waals surface area contributed by atoms with Gasteiger partial charge < -0.3 is 10.6 Å². The Bertz CT molecular complexity index is 751. The topological polar surface area (TPSA) is 90.7 Å². The second-order valence-electron chi connectivity index (χ2n) is 5.43. The molecule has 6 heteroatoms. The molecule has 0 atom stereocenters. The molecular formula is C18H21N5O. The molecule has 2 rings (SSSR count). The van der Waals surface area contributed by atoms with Gasteiger partial charge in [-0.25, -0.2) is 9.97 Å². The Morgan fingerprint density at radius 1 is 1.25 bits per heavy atom. The number of unbranched alkanes of at least 4 members (excludes halogenated alkanes) is 2. The molecule has 1 aromatic heterocycles. The van der Waals surface area contributed by atoms with Crippen molar-refractivity contribution in [3.05, 3.63) is 47.4 Å². The van der Waals surface area contributed by atoms with Crippen molar-refractivity contribution in [1.29, 1.82) is 5.26 Å². The number of anilines is 2. The van der Waals surface area contributed by atoms with Gasteiger partial charge in [-0.2, -0.15) is 5.26 Å². The van der Waals surface area contributed by atoms with Crippen LogP contribution in [0.5, 0.6) is 0 Å². The normalized spacial score (nSPS) is 10.0. The van der Waals surface area contributed by atoms with Crippen LogP contribution in [0.15, 0.2) is 30.3 Å². The van der Waals surface area contributed by atoms with Crippen molar-refractivity contribution >= 4 is 17.4 Å². The first-order valence-corrected chi connectivity index (χ1v) is 8.04. The second-order valence-corrected chi connectivity index (χ2v) is 5.43. The van der Waals surface area contributed by atoms with E-state index in [1.54, 1.807) is 31.2 Å². The van der Waals surface area contributed by atoms with Gasteiger partial charge in [0.25, 0.3) is 5.91 Å². The minimum absolute atomic E-state index is 0.215. The Morgan fingerprint density at radius 2 is 2.04 bits per heavy atom. The molecule has 0 saturated heterocycles. The van der Waals surface area contributed by atoms with E-state index in [4.69, 9.17) is 5.26 Å². The molecule has 6 nitrogen and oxygen atoms in total. The van der Waals surface area contributed by atoms with Gasteiger partial charge in [-0.05, 0) is 25.5 Å². The van der Waals surface area contributed by atoms with Crippen LogP contribution in [0.1, 0.15) is 48.1 Å². The van der Waals surface area contributed by atoms with Crippen molar-refractivity contribution in [1.82, 2.24) is 15.3 Å². The standard InChI is InChI=1S/C18H21N5O/c1-3-4-7-10-20-18(24)16-11-17(22-13(2)21-16)23-15-9-6-5-8-14(15)12-19/h5-6,8-9,11H,3-4,7,10H2,1-2H3,(H,20,24)(H,21,22,23). The third-order valence-corrected chi connectivity index (χ3v) is 3.45. The first-order chi connectivity index (χ1) is 11.6. The smallest absolute Gasteiger partial charge is 0.270 e. The number of aryl methyl sites for hydroxylation is 1. The molecule has 0 aliphatic heterocycles. The van der Waals surface area contributed by atoms with Gasteiger partial charge >= 0.3 is 0 Å². The molecule has 0 bridgehead atoms. The van der Waals surface area contributed by atoms with Crippen molar-refractivity contribution in [3.8, 4) is 6.07 Å². The average Bonchev–Trinajstić information content (AvgIpc) is 2.58. The first-order valence-electron chi connectivity index (χ1n) is 8.04. The number of nitriles is 1. The first kappa shape index (κ1) is 17.4. The summed E-state index contributed by atoms with van der Waals surface area (Å²) in [7, 11) is 0. The maximum atomic E-state index is 12.2. The number of nitrogens with zero attached hydrogens (tertiary/aromatic N) is 3. The molecule has 0 aliphatic rings. The van der Waals surface area contributed by atoms with Crippen molar-refractivity contribution in [2.24, 2.45) is 0 Å². The summed E-state index contributed by atoms with van der Waals surface area (Å²) >= 11 is 0. The van der Waals surface area contributed by atoms with Crippen LogP contribution in [0, 0.1) is 18.3 Å². The maximum absolute atomic E-state index is 12.2. The highest BCUT2D eigenvalue weighted by molar-refractivity contribution is 5.93. The fraction of sp³-hybridized carbons (Fsp3) is 0.333. The third-order valence-electron chi connectivity index (χ3n) is 3.45. The van der Waals surface area contributed by atoms with Gasteiger partial charge in [-0.3, -0.25) is 4.79 Å². The van der Waals surface area contributed by atoms with E-state index in [1.807, 2.05) is 6.07 Å². The molecule has 0 aliphatic carbocycles. The predicted molar refractivity (Wildman–Crippen MR) is 93.1 cm³/mol. The van der Waals surface area contributed by atoms with Gasteiger partial charge in [0, 0.05) is 12.6 Å². The van der Waals surface area contributed by atoms with E-state index in [0.717, 1.165) is 19.3 Å². The van der Waals surface area contributed by atoms with Crippen LogP contribution in [-0.2, 0) is 0 Å². The van der Waals surface area contributed by atoms with Crippen LogP contribution in [0.3, 0.4) is 0 Å². The fourth-order valence-corrected chi connectivity index (χ4v) is 2.24. The Labute approximate surface area is 142 Å². The highest BCUT2D eigenvalue weighted by Crippen LogP contribution is 2.19. The minimum atomic E-state index is -0.215. The number of nitrogens with one attached hydrogen (secondary N) is 2. The molecule has 0 radical (unpaired) electrons. The maximum Gasteiger partial charge on any atom is 0.270 e. The Morgan fingerprint density at radius 3 is 2.79 bits per heavy atom. The lowest BCUT2D eigenvalue weighted by Crippen LogP contribution is -2.25. The van der Waals surface area contributed by atoms with E-state index in [2.05, 4.69) is 33.6 Å². The lowest BCUT2D eigenvalue weighted by molar-refractivity contribution is 0.0947. The molecule has 0 saturated carbocycles. The van der Waals surface area contributed by atoms with E-state index in [9.17, 15) is 4.79 Å². The van der Waals surface area contributed by atoms with Crippen molar-refractivity contribution in [3.63, 3.8) is 0 Å². The summed E-state index contributed by atoms with van der Waals surface area (Å²) in [6.07, 6.45) is 3.14. The molecule has 1 aromatic carbocycles. The number of carbonyl (C=O) groups excluding carboxylic acids is 1. The minimum Gasteiger partial charge on any atom is -0.351 e. The van der Waals surface area contributed by atoms with E-state index < -0.39 is 0 Å². The lowest BCUT2D eigenvalue weighted by atomic mass is 10.2. The summed E-state index contributed by atoms with van der Waals surface area (Å²) in [5, 5.41) is 15.1. The van der Waals surface area contributed by atoms with Gasteiger partial charge in [0.1, 0.15) is 23.4 Å². The number of hydrogen-bond acceptors (Lipinski definition) is 5. The monoisotopic (exact) mass is 323 g/mol. The Balaban J connectivity index is 2.13. The highest BCUT2D eigenvalue weighted by Gasteiger charge is 2.11. The molecule has 1 heterocycles. The molecule has 2 aromatic rings. The number of benzene rings is 1. The largest absolute Gasteiger partial charge is 0.351 e. The summed E-state index contributed by atoms with van der Waals surface area (Å²) < 4.78 is 0. The molecule has 24 heavy (non-hydrogen) atoms. The molecule has 0 unspecified atom stereocenters. The number of rotatable bonds is 7. The van der Waals surface area contributed by atoms with E-state index in [-0.39, 0.29) is 5.91 Å². The van der Waals surface area contributed by atoms with Crippen LogP contribution in [-0.4, -0.2) is 22.4 Å². The number of amides is 1. The number of aromatic nitrogens is 2. The van der Waals surface area contributed by atoms with Gasteiger partial charge in [0.15, 0.2) is 0 Å². The summed E-state index contributed by atoms with van der Waals surface area (Å²) in [6, 6.07) is 10.9. The predicted octanol–water partition coefficient (Wildman–Crippen LogP) is 3.32. The summed E-state index contributed by atoms with van der Waals surface area (Å²) in [5.41, 5.74) is 1.47. The van der Waals surface area contributed by atoms with Crippen LogP contribution in [0.2, 0.25) is 0 Å². The van der Waals surface area contributed by atoms with Crippen molar-refractivity contribution in [2.45, 2.75) is 33.1 Å². The number of para-hydroxylation sites is 1. The summed E-state index contributed by atoms with van der Waals surface area (Å²) in [4.78, 5) is 20.7. The lowest BCUT2D eigenvalue weighted by Gasteiger charge is -2.10. The number of carbonyl (C=O) groups is 1. The molecular weight excluding hydrogens is 302 g/mol. The Kier molecular flexibility index (Phi) is 6.26. The summed E-state index contributed by atoms with van der Waals surface area (Å²) in [6.45, 7) is 4.48. The molecule has 2 N–H and O–H groups in total. The van der Waals surface area contributed by atoms with Gasteiger partial charge in [0.2, 0.25) is 0 Å². The quantitative estimate of drug-likeness (QED) is 0.763. The highest BCUT2D eigenvalue weighted by atomic mass is 16.1. The number of hydrogen-bond donors (Lipinski definition) is 2. The molecule has 0 spiro atoms. The van der Waals surface area contributed by atoms with Crippen molar-refractivity contribution < 1.29 is 4.79 Å². The second kappa shape index (κ2) is 8.63. The van der Waals surface area contributed by atoms with Crippen molar-refractivity contribution in [2.75, 3.05) is 11.9 Å². The third kappa shape index (κ3) is 4.78. The van der Waals surface area contributed by atoms with Gasteiger partial charge in [-0.15, -0.1) is 0 Å². The van der Waals surface area contributed by atoms with Crippen LogP contribution >= 0.6 is 0 Å². The fourth-order valence-electron chi connectivity index (χ4n) is 2.24. The van der Waals surface area contributed by atoms with Crippen LogP contribution in [0.25, 0.3) is 0 Å². The zero-order valence-corrected chi connectivity index (χ0v) is 14.0. The van der Waals surface area contributed by atoms with Gasteiger partial charge in [-0.1, -0.05) is 31.9 Å². The zero-order chi connectivity index (χ0) is 17.4. The van der Waals surface area contributed by atoms with Crippen LogP contribution < -0.4 is 10.6 Å². The molecule has 1 amide bonds. The van der Waals surface area contributed by atoms with Crippen LogP contribution in [0.4, 0.5) is 11.5 Å².